The third-order valence-electron chi connectivity index (χ3n) is 7.47. The Morgan fingerprint density at radius 2 is 1.92 bits per heavy atom. The van der Waals surface area contributed by atoms with Gasteiger partial charge in [0.2, 0.25) is 0 Å². The number of allylic oxidation sites excluding steroid dienone is 2. The molecule has 0 fully saturated rings. The Balaban J connectivity index is 2.59. The first-order valence-corrected chi connectivity index (χ1v) is 16.8. The highest BCUT2D eigenvalue weighted by atomic mass is 79.9. The molecule has 0 saturated heterocycles. The zero-order valence-electron chi connectivity index (χ0n) is 23.4. The van der Waals surface area contributed by atoms with Crippen LogP contribution in [-0.4, -0.2) is 39.3 Å². The minimum atomic E-state index is -2.28. The minimum absolute atomic E-state index is 0.0516. The molecule has 0 N–H and O–H groups in total. The molecule has 1 atom stereocenters. The summed E-state index contributed by atoms with van der Waals surface area (Å²) in [5.41, 5.74) is 4.25. The lowest BCUT2D eigenvalue weighted by atomic mass is 9.89. The van der Waals surface area contributed by atoms with Crippen LogP contribution in [-0.2, 0) is 27.3 Å². The molecule has 2 rings (SSSR count). The van der Waals surface area contributed by atoms with Gasteiger partial charge in [-0.1, -0.05) is 48.4 Å². The average Bonchev–Trinajstić information content (AvgIpc) is 3.18. The van der Waals surface area contributed by atoms with Crippen LogP contribution in [0.25, 0.3) is 0 Å². The zero-order chi connectivity index (χ0) is 27.3. The number of cyclic esters (lactones) is 1. The molecular formula is C28H43BrO6Si. The summed E-state index contributed by atoms with van der Waals surface area (Å²) in [6, 6.07) is 0. The van der Waals surface area contributed by atoms with E-state index in [2.05, 4.69) is 62.8 Å². The Kier molecular flexibility index (Phi) is 10.7. The summed E-state index contributed by atoms with van der Waals surface area (Å²) in [4.78, 5) is 25.1. The minimum Gasteiger partial charge on any atom is -0.543 e. The average molecular weight is 584 g/mol. The van der Waals surface area contributed by atoms with Crippen molar-refractivity contribution in [3.63, 3.8) is 0 Å². The first-order valence-electron chi connectivity index (χ1n) is 12.8. The number of rotatable bonds is 12. The van der Waals surface area contributed by atoms with Crippen molar-refractivity contribution in [2.75, 3.05) is 19.0 Å². The summed E-state index contributed by atoms with van der Waals surface area (Å²) in [6.07, 6.45) is 4.85. The normalized spacial score (nSPS) is 14.8. The van der Waals surface area contributed by atoms with Crippen LogP contribution in [0, 0.1) is 12.8 Å². The fourth-order valence-corrected chi connectivity index (χ4v) is 5.56. The molecule has 0 spiro atoms. The summed E-state index contributed by atoms with van der Waals surface area (Å²) in [6.45, 7) is 17.3. The van der Waals surface area contributed by atoms with E-state index >= 15 is 0 Å². The van der Waals surface area contributed by atoms with E-state index in [-0.39, 0.29) is 29.5 Å². The predicted molar refractivity (Wildman–Crippen MR) is 150 cm³/mol. The van der Waals surface area contributed by atoms with Crippen LogP contribution in [0.1, 0.15) is 80.9 Å². The van der Waals surface area contributed by atoms with Gasteiger partial charge in [0.1, 0.15) is 23.7 Å². The number of hydrogen-bond acceptors (Lipinski definition) is 6. The van der Waals surface area contributed by atoms with Crippen LogP contribution in [0.3, 0.4) is 0 Å². The van der Waals surface area contributed by atoms with Crippen molar-refractivity contribution in [2.45, 2.75) is 92.0 Å². The van der Waals surface area contributed by atoms with Gasteiger partial charge < -0.3 is 18.6 Å². The number of halogens is 1. The van der Waals surface area contributed by atoms with E-state index in [0.717, 1.165) is 46.2 Å². The third-order valence-corrected chi connectivity index (χ3v) is 12.4. The number of benzene rings is 1. The standard InChI is InChI=1S/C28H43BrO6Si/c1-10-33-23(30)16-20(12-11-15-29)18(2)13-14-21-25(32-7)19(3)22-17-34-27(31)24(22)26(21)35-36(8,9)28(4,5)6/h13,20H,10-12,14-17H2,1-9H3/b18-13+. The van der Waals surface area contributed by atoms with Crippen LogP contribution >= 0.6 is 15.9 Å². The van der Waals surface area contributed by atoms with Crippen LogP contribution in [0.15, 0.2) is 11.6 Å². The molecule has 0 aliphatic carbocycles. The number of hydrogen-bond donors (Lipinski definition) is 0. The molecule has 202 valence electrons. The second kappa shape index (κ2) is 12.6. The summed E-state index contributed by atoms with van der Waals surface area (Å²) >= 11 is 3.51. The molecule has 36 heavy (non-hydrogen) atoms. The Morgan fingerprint density at radius 1 is 1.25 bits per heavy atom. The lowest BCUT2D eigenvalue weighted by Crippen LogP contribution is -2.44. The molecular weight excluding hydrogens is 540 g/mol. The zero-order valence-corrected chi connectivity index (χ0v) is 26.0. The Labute approximate surface area is 226 Å². The SMILES string of the molecule is CCOC(=O)CC(CCCBr)/C(C)=C/Cc1c(OC)c(C)c2c(c1O[Si](C)(C)C(C)(C)C)C(=O)OC2. The molecule has 1 aromatic carbocycles. The second-order valence-corrected chi connectivity index (χ2v) is 16.5. The van der Waals surface area contributed by atoms with Crippen molar-refractivity contribution in [3.05, 3.63) is 33.9 Å². The Bertz CT molecular complexity index is 993. The molecule has 0 amide bonds. The van der Waals surface area contributed by atoms with Crippen LogP contribution in [0.5, 0.6) is 11.5 Å². The number of carbonyl (C=O) groups excluding carboxylic acids is 2. The quantitative estimate of drug-likeness (QED) is 0.111. The summed E-state index contributed by atoms with van der Waals surface area (Å²) < 4.78 is 23.4. The molecule has 1 aromatic rings. The van der Waals surface area contributed by atoms with Gasteiger partial charge in [0.15, 0.2) is 0 Å². The van der Waals surface area contributed by atoms with Crippen molar-refractivity contribution in [1.29, 1.82) is 0 Å². The molecule has 6 nitrogen and oxygen atoms in total. The number of methoxy groups -OCH3 is 1. The number of carbonyl (C=O) groups is 2. The molecule has 1 aliphatic heterocycles. The van der Waals surface area contributed by atoms with E-state index in [1.165, 1.54) is 0 Å². The molecule has 8 heteroatoms. The van der Waals surface area contributed by atoms with Gasteiger partial charge in [-0.25, -0.2) is 4.79 Å². The highest BCUT2D eigenvalue weighted by Gasteiger charge is 2.42. The van der Waals surface area contributed by atoms with Crippen molar-refractivity contribution >= 4 is 36.2 Å². The molecule has 1 heterocycles. The first kappa shape index (κ1) is 30.4. The Hall–Kier alpha value is -1.80. The van der Waals surface area contributed by atoms with Crippen LogP contribution in [0.2, 0.25) is 18.1 Å². The monoisotopic (exact) mass is 582 g/mol. The van der Waals surface area contributed by atoms with Gasteiger partial charge in [-0.15, -0.1) is 0 Å². The smallest absolute Gasteiger partial charge is 0.342 e. The Morgan fingerprint density at radius 3 is 2.47 bits per heavy atom. The highest BCUT2D eigenvalue weighted by molar-refractivity contribution is 9.09. The van der Waals surface area contributed by atoms with Gasteiger partial charge in [0, 0.05) is 16.5 Å². The number of alkyl halides is 1. The largest absolute Gasteiger partial charge is 0.543 e. The maximum atomic E-state index is 12.9. The van der Waals surface area contributed by atoms with Crippen LogP contribution < -0.4 is 9.16 Å². The van der Waals surface area contributed by atoms with E-state index in [4.69, 9.17) is 18.6 Å². The first-order chi connectivity index (χ1) is 16.8. The van der Waals surface area contributed by atoms with E-state index in [1.807, 2.05) is 13.8 Å². The fraction of sp³-hybridized carbons (Fsp3) is 0.643. The molecule has 0 radical (unpaired) electrons. The third kappa shape index (κ3) is 6.94. The van der Waals surface area contributed by atoms with E-state index < -0.39 is 8.32 Å². The highest BCUT2D eigenvalue weighted by Crippen LogP contribution is 2.46. The molecule has 0 aromatic heterocycles. The molecule has 1 aliphatic rings. The van der Waals surface area contributed by atoms with Gasteiger partial charge in [0.05, 0.1) is 20.1 Å². The topological polar surface area (TPSA) is 71.1 Å². The lowest BCUT2D eigenvalue weighted by molar-refractivity contribution is -0.144. The molecule has 0 saturated carbocycles. The fourth-order valence-electron chi connectivity index (χ4n) is 4.20. The predicted octanol–water partition coefficient (Wildman–Crippen LogP) is 7.29. The van der Waals surface area contributed by atoms with E-state index in [1.54, 1.807) is 7.11 Å². The van der Waals surface area contributed by atoms with Gasteiger partial charge in [-0.3, -0.25) is 4.79 Å². The van der Waals surface area contributed by atoms with Crippen molar-refractivity contribution < 1.29 is 28.2 Å². The number of ether oxygens (including phenoxy) is 3. The van der Waals surface area contributed by atoms with Crippen molar-refractivity contribution in [1.82, 2.24) is 0 Å². The second-order valence-electron chi connectivity index (χ2n) is 10.9. The lowest BCUT2D eigenvalue weighted by Gasteiger charge is -2.37. The summed E-state index contributed by atoms with van der Waals surface area (Å²) in [5.74, 6) is 0.877. The maximum Gasteiger partial charge on any atom is 0.342 e. The number of esters is 2. The van der Waals surface area contributed by atoms with Crippen molar-refractivity contribution in [3.8, 4) is 11.5 Å². The van der Waals surface area contributed by atoms with Gasteiger partial charge in [0.25, 0.3) is 8.32 Å². The summed E-state index contributed by atoms with van der Waals surface area (Å²) in [5, 5.41) is 0.827. The van der Waals surface area contributed by atoms with Gasteiger partial charge in [-0.2, -0.15) is 0 Å². The molecule has 1 unspecified atom stereocenters. The van der Waals surface area contributed by atoms with Crippen LogP contribution in [0.4, 0.5) is 0 Å². The van der Waals surface area contributed by atoms with Gasteiger partial charge >= 0.3 is 11.9 Å². The summed E-state index contributed by atoms with van der Waals surface area (Å²) in [7, 11) is -0.625. The maximum absolute atomic E-state index is 12.9. The van der Waals surface area contributed by atoms with E-state index in [0.29, 0.717) is 30.8 Å². The molecule has 0 bridgehead atoms. The van der Waals surface area contributed by atoms with Gasteiger partial charge in [-0.05, 0) is 69.6 Å². The van der Waals surface area contributed by atoms with E-state index in [9.17, 15) is 9.59 Å². The number of fused-ring (bicyclic) bond motifs is 1. The van der Waals surface area contributed by atoms with Crippen molar-refractivity contribution in [2.24, 2.45) is 5.92 Å².